The van der Waals surface area contributed by atoms with Crippen molar-refractivity contribution in [3.05, 3.63) is 24.0 Å². The minimum Gasteiger partial charge on any atom is -0.442 e. The molecule has 0 spiro atoms. The van der Waals surface area contributed by atoms with Gasteiger partial charge in [-0.1, -0.05) is 0 Å². The van der Waals surface area contributed by atoms with Gasteiger partial charge in [0.1, 0.15) is 18.5 Å². The first-order chi connectivity index (χ1) is 14.3. The Morgan fingerprint density at radius 3 is 2.67 bits per heavy atom. The van der Waals surface area contributed by atoms with Gasteiger partial charge in [0.05, 0.1) is 31.0 Å². The molecule has 164 valence electrons. The number of benzene rings is 1. The lowest BCUT2D eigenvalue weighted by molar-refractivity contribution is -0.148. The van der Waals surface area contributed by atoms with Crippen LogP contribution in [0, 0.1) is 5.82 Å². The van der Waals surface area contributed by atoms with Crippen molar-refractivity contribution >= 4 is 29.3 Å². The van der Waals surface area contributed by atoms with E-state index in [1.807, 2.05) is 4.90 Å². The van der Waals surface area contributed by atoms with Crippen molar-refractivity contribution < 1.29 is 28.6 Å². The number of likely N-dealkylation sites (N-methyl/N-ethyl adjacent to an activating group) is 1. The summed E-state index contributed by atoms with van der Waals surface area (Å²) in [5.74, 6) is -1.12. The molecule has 2 heterocycles. The van der Waals surface area contributed by atoms with Crippen LogP contribution in [0.3, 0.4) is 0 Å². The Hall–Kier alpha value is -2.92. The van der Waals surface area contributed by atoms with Crippen LogP contribution in [0.1, 0.15) is 6.92 Å². The molecule has 10 nitrogen and oxygen atoms in total. The lowest BCUT2D eigenvalue weighted by atomic mass is 10.2. The van der Waals surface area contributed by atoms with Crippen molar-refractivity contribution in [1.82, 2.24) is 15.3 Å². The Bertz CT molecular complexity index is 823. The molecule has 2 N–H and O–H groups in total. The average molecular weight is 423 g/mol. The fourth-order valence-corrected chi connectivity index (χ4v) is 3.54. The zero-order chi connectivity index (χ0) is 21.8. The molecule has 0 radical (unpaired) electrons. The Balaban J connectivity index is 1.69. The number of ether oxygens (including phenoxy) is 1. The molecule has 1 aromatic rings. The quantitative estimate of drug-likeness (QED) is 0.674. The first-order valence-corrected chi connectivity index (χ1v) is 9.69. The van der Waals surface area contributed by atoms with Crippen LogP contribution in [-0.4, -0.2) is 92.1 Å². The van der Waals surface area contributed by atoms with E-state index < -0.39 is 30.5 Å². The smallest absolute Gasteiger partial charge is 0.414 e. The first kappa shape index (κ1) is 21.8. The van der Waals surface area contributed by atoms with Gasteiger partial charge in [0.25, 0.3) is 5.91 Å². The summed E-state index contributed by atoms with van der Waals surface area (Å²) in [6, 6.07) is 4.52. The van der Waals surface area contributed by atoms with E-state index in [2.05, 4.69) is 5.32 Å². The number of aliphatic hydroxyl groups excluding tert-OH is 1. The Labute approximate surface area is 173 Å². The highest BCUT2D eigenvalue weighted by Gasteiger charge is 2.33. The monoisotopic (exact) mass is 423 g/mol. The highest BCUT2D eigenvalue weighted by molar-refractivity contribution is 5.90. The van der Waals surface area contributed by atoms with Gasteiger partial charge < -0.3 is 20.1 Å². The zero-order valence-electron chi connectivity index (χ0n) is 17.0. The number of nitrogens with zero attached hydrogens (tertiary/aromatic N) is 4. The highest BCUT2D eigenvalue weighted by Crippen LogP contribution is 2.28. The fourth-order valence-electron chi connectivity index (χ4n) is 3.54. The summed E-state index contributed by atoms with van der Waals surface area (Å²) in [4.78, 5) is 38.2. The molecule has 2 aliphatic rings. The maximum absolute atomic E-state index is 14.9. The number of halogens is 1. The third-order valence-corrected chi connectivity index (χ3v) is 5.15. The normalized spacial score (nSPS) is 20.2. The molecule has 0 aliphatic carbocycles. The summed E-state index contributed by atoms with van der Waals surface area (Å²) in [6.07, 6.45) is -1.09. The van der Waals surface area contributed by atoms with E-state index in [0.29, 0.717) is 37.6 Å². The first-order valence-electron chi connectivity index (χ1n) is 9.69. The van der Waals surface area contributed by atoms with Crippen molar-refractivity contribution in [2.45, 2.75) is 13.0 Å². The zero-order valence-corrected chi connectivity index (χ0v) is 17.0. The minimum atomic E-state index is -0.591. The second-order valence-electron chi connectivity index (χ2n) is 7.23. The van der Waals surface area contributed by atoms with Crippen molar-refractivity contribution in [2.75, 3.05) is 62.7 Å². The third kappa shape index (κ3) is 4.79. The Kier molecular flexibility index (Phi) is 6.73. The van der Waals surface area contributed by atoms with Crippen molar-refractivity contribution in [3.63, 3.8) is 0 Å². The summed E-state index contributed by atoms with van der Waals surface area (Å²) in [7, 11) is 1.74. The van der Waals surface area contributed by atoms with Crippen LogP contribution in [-0.2, 0) is 14.3 Å². The number of hydrogen-bond acceptors (Lipinski definition) is 7. The third-order valence-electron chi connectivity index (χ3n) is 5.15. The number of anilines is 2. The molecule has 0 unspecified atom stereocenters. The molecule has 2 aliphatic heterocycles. The van der Waals surface area contributed by atoms with Crippen LogP contribution < -0.4 is 15.1 Å². The molecular weight excluding hydrogens is 397 g/mol. The largest absolute Gasteiger partial charge is 0.442 e. The van der Waals surface area contributed by atoms with Gasteiger partial charge in [-0.15, -0.1) is 0 Å². The van der Waals surface area contributed by atoms with Gasteiger partial charge >= 0.3 is 6.09 Å². The Morgan fingerprint density at radius 1 is 1.27 bits per heavy atom. The van der Waals surface area contributed by atoms with Gasteiger partial charge in [-0.25, -0.2) is 14.2 Å². The maximum Gasteiger partial charge on any atom is 0.414 e. The van der Waals surface area contributed by atoms with Gasteiger partial charge in [-0.3, -0.25) is 19.5 Å². The SMILES string of the molecule is CC(=O)NC[C@H]1CN(c2ccc(N3CCN(C)N(C(=O)CO)CC3)c(F)c2)C(=O)O1. The summed E-state index contributed by atoms with van der Waals surface area (Å²) in [6.45, 7) is 2.90. The van der Waals surface area contributed by atoms with E-state index in [1.54, 1.807) is 24.2 Å². The van der Waals surface area contributed by atoms with Gasteiger partial charge in [-0.2, -0.15) is 0 Å². The van der Waals surface area contributed by atoms with E-state index >= 15 is 0 Å². The van der Waals surface area contributed by atoms with Gasteiger partial charge in [0.15, 0.2) is 0 Å². The van der Waals surface area contributed by atoms with Crippen LogP contribution in [0.2, 0.25) is 0 Å². The number of amides is 3. The van der Waals surface area contributed by atoms with Gasteiger partial charge in [0.2, 0.25) is 5.91 Å². The number of hydrogen-bond donors (Lipinski definition) is 2. The van der Waals surface area contributed by atoms with Crippen molar-refractivity contribution in [1.29, 1.82) is 0 Å². The van der Waals surface area contributed by atoms with Crippen LogP contribution in [0.25, 0.3) is 0 Å². The second kappa shape index (κ2) is 9.26. The molecule has 30 heavy (non-hydrogen) atoms. The number of carbonyl (C=O) groups excluding carboxylic acids is 3. The number of hydrazine groups is 1. The molecule has 11 heteroatoms. The predicted molar refractivity (Wildman–Crippen MR) is 106 cm³/mol. The standard InChI is InChI=1S/C19H26FN5O5/c1-13(27)21-10-15-11-24(19(29)30-15)14-3-4-17(16(20)9-14)23-6-5-22(2)25(8-7-23)18(28)12-26/h3-4,9,15,26H,5-8,10-12H2,1-2H3,(H,21,27)/t15-/m0/s1. The van der Waals surface area contributed by atoms with Crippen molar-refractivity contribution in [3.8, 4) is 0 Å². The number of carbonyl (C=O) groups is 3. The number of cyclic esters (lactones) is 1. The van der Waals surface area contributed by atoms with Gasteiger partial charge in [-0.05, 0) is 18.2 Å². The maximum atomic E-state index is 14.9. The Morgan fingerprint density at radius 2 is 2.00 bits per heavy atom. The molecule has 0 aromatic heterocycles. The summed E-state index contributed by atoms with van der Waals surface area (Å²) >= 11 is 0. The molecule has 0 bridgehead atoms. The van der Waals surface area contributed by atoms with Gasteiger partial charge in [0, 0.05) is 33.6 Å². The number of aliphatic hydroxyl groups is 1. The molecule has 3 amide bonds. The lowest BCUT2D eigenvalue weighted by Gasteiger charge is -2.28. The topological polar surface area (TPSA) is 106 Å². The van der Waals surface area contributed by atoms with E-state index in [-0.39, 0.29) is 19.0 Å². The highest BCUT2D eigenvalue weighted by atomic mass is 19.1. The number of nitrogens with one attached hydrogen (secondary N) is 1. The van der Waals surface area contributed by atoms with Crippen LogP contribution in [0.15, 0.2) is 18.2 Å². The van der Waals surface area contributed by atoms with Crippen LogP contribution in [0.5, 0.6) is 0 Å². The van der Waals surface area contributed by atoms with E-state index in [9.17, 15) is 18.8 Å². The van der Waals surface area contributed by atoms with Crippen molar-refractivity contribution in [2.24, 2.45) is 0 Å². The van der Waals surface area contributed by atoms with E-state index in [1.165, 1.54) is 22.9 Å². The predicted octanol–water partition coefficient (Wildman–Crippen LogP) is -0.225. The molecule has 2 saturated heterocycles. The van der Waals surface area contributed by atoms with Crippen LogP contribution >= 0.6 is 0 Å². The van der Waals surface area contributed by atoms with E-state index in [4.69, 9.17) is 9.84 Å². The minimum absolute atomic E-state index is 0.197. The molecule has 2 fully saturated rings. The summed E-state index contributed by atoms with van der Waals surface area (Å²) in [5, 5.41) is 14.9. The molecule has 3 rings (SSSR count). The summed E-state index contributed by atoms with van der Waals surface area (Å²) < 4.78 is 20.1. The lowest BCUT2D eigenvalue weighted by Crippen LogP contribution is -2.46. The fraction of sp³-hybridized carbons (Fsp3) is 0.526. The average Bonchev–Trinajstić information content (AvgIpc) is 2.98. The van der Waals surface area contributed by atoms with E-state index in [0.717, 1.165) is 0 Å². The molecule has 1 atom stereocenters. The number of rotatable bonds is 5. The molecular formula is C19H26FN5O5. The van der Waals surface area contributed by atoms with Crippen LogP contribution in [0.4, 0.5) is 20.6 Å². The molecule has 0 saturated carbocycles. The second-order valence-corrected chi connectivity index (χ2v) is 7.23. The summed E-state index contributed by atoms with van der Waals surface area (Å²) in [5.41, 5.74) is 0.739. The molecule has 1 aromatic carbocycles.